The number of aromatic nitrogens is 1. The van der Waals surface area contributed by atoms with Crippen molar-refractivity contribution in [2.24, 2.45) is 7.05 Å². The van der Waals surface area contributed by atoms with Crippen molar-refractivity contribution in [3.05, 3.63) is 76.2 Å². The summed E-state index contributed by atoms with van der Waals surface area (Å²) in [5.74, 6) is 0.191. The van der Waals surface area contributed by atoms with E-state index in [-0.39, 0.29) is 11.4 Å². The van der Waals surface area contributed by atoms with Gasteiger partial charge in [0.05, 0.1) is 19.6 Å². The van der Waals surface area contributed by atoms with E-state index in [1.807, 2.05) is 0 Å². The number of aliphatic carboxylic acids is 1. The van der Waals surface area contributed by atoms with Crippen molar-refractivity contribution in [1.82, 2.24) is 9.88 Å². The molecular weight excluding hydrogens is 442 g/mol. The van der Waals surface area contributed by atoms with E-state index < -0.39 is 30.0 Å². The molecule has 0 aliphatic carbocycles. The number of nitrogens with one attached hydrogen (secondary N) is 2. The third-order valence-electron chi connectivity index (χ3n) is 5.13. The first kappa shape index (κ1) is 24.2. The molecule has 1 unspecified atom stereocenters. The number of carboxylic acid groups (broad SMARTS) is 1. The third-order valence-corrected chi connectivity index (χ3v) is 5.13. The van der Waals surface area contributed by atoms with Crippen LogP contribution in [0.1, 0.15) is 23.7 Å². The molecule has 34 heavy (non-hydrogen) atoms. The van der Waals surface area contributed by atoms with Crippen LogP contribution >= 0.6 is 0 Å². The summed E-state index contributed by atoms with van der Waals surface area (Å²) in [5.41, 5.74) is 0.119. The maximum absolute atomic E-state index is 12.5. The lowest BCUT2D eigenvalue weighted by Crippen LogP contribution is -2.36. The van der Waals surface area contributed by atoms with Crippen LogP contribution in [-0.4, -0.2) is 33.9 Å². The van der Waals surface area contributed by atoms with E-state index in [9.17, 15) is 24.6 Å². The molecule has 178 valence electrons. The number of rotatable bonds is 8. The summed E-state index contributed by atoms with van der Waals surface area (Å²) < 4.78 is 12.2. The van der Waals surface area contributed by atoms with Crippen molar-refractivity contribution in [3.8, 4) is 23.0 Å². The van der Waals surface area contributed by atoms with Crippen molar-refractivity contribution in [3.63, 3.8) is 0 Å². The van der Waals surface area contributed by atoms with Crippen molar-refractivity contribution in [2.45, 2.75) is 19.4 Å². The number of hydrogen-bond donors (Lipinski definition) is 4. The third kappa shape index (κ3) is 5.85. The van der Waals surface area contributed by atoms with Crippen LogP contribution in [0.25, 0.3) is 0 Å². The normalized spacial score (nSPS) is 11.4. The van der Waals surface area contributed by atoms with Gasteiger partial charge in [-0.3, -0.25) is 9.59 Å². The number of aromatic hydroxyl groups is 1. The summed E-state index contributed by atoms with van der Waals surface area (Å²) in [6.07, 6.45) is -0.401. The van der Waals surface area contributed by atoms with Gasteiger partial charge in [-0.15, -0.1) is 0 Å². The van der Waals surface area contributed by atoms with E-state index >= 15 is 0 Å². The summed E-state index contributed by atoms with van der Waals surface area (Å²) in [5, 5.41) is 24.2. The number of amides is 2. The summed E-state index contributed by atoms with van der Waals surface area (Å²) in [7, 11) is 3.06. The Labute approximate surface area is 195 Å². The molecule has 2 amide bonds. The number of nitrogens with zero attached hydrogens (tertiary/aromatic N) is 1. The highest BCUT2D eigenvalue weighted by Gasteiger charge is 2.20. The molecule has 0 aliphatic rings. The molecule has 0 saturated carbocycles. The fourth-order valence-electron chi connectivity index (χ4n) is 3.23. The molecule has 0 bridgehead atoms. The van der Waals surface area contributed by atoms with E-state index in [1.165, 1.54) is 17.7 Å². The number of ether oxygens (including phenoxy) is 2. The quantitative estimate of drug-likeness (QED) is 0.397. The van der Waals surface area contributed by atoms with Gasteiger partial charge in [0.25, 0.3) is 5.56 Å². The van der Waals surface area contributed by atoms with Crippen molar-refractivity contribution >= 4 is 17.7 Å². The molecule has 10 heteroatoms. The van der Waals surface area contributed by atoms with Gasteiger partial charge in [0, 0.05) is 24.9 Å². The SMILES string of the molecule is COc1cccc(Oc2ccc(C(CC(=O)O)NC(=O)Nc3c(O)cc(C)n(C)c3=O)cc2)c1. The Morgan fingerprint density at radius 3 is 2.38 bits per heavy atom. The molecule has 0 spiro atoms. The van der Waals surface area contributed by atoms with Crippen molar-refractivity contribution in [2.75, 3.05) is 12.4 Å². The molecule has 1 atom stereocenters. The Morgan fingerprint density at radius 2 is 1.74 bits per heavy atom. The van der Waals surface area contributed by atoms with Gasteiger partial charge >= 0.3 is 12.0 Å². The van der Waals surface area contributed by atoms with Crippen LogP contribution in [0.4, 0.5) is 10.5 Å². The second-order valence-corrected chi connectivity index (χ2v) is 7.51. The van der Waals surface area contributed by atoms with E-state index in [2.05, 4.69) is 10.6 Å². The molecule has 1 heterocycles. The maximum atomic E-state index is 12.5. The lowest BCUT2D eigenvalue weighted by Gasteiger charge is -2.19. The van der Waals surface area contributed by atoms with Gasteiger partial charge in [0.2, 0.25) is 0 Å². The molecule has 4 N–H and O–H groups in total. The predicted molar refractivity (Wildman–Crippen MR) is 125 cm³/mol. The number of benzene rings is 2. The van der Waals surface area contributed by atoms with Crippen LogP contribution in [0.2, 0.25) is 0 Å². The minimum absolute atomic E-state index is 0.304. The zero-order valence-electron chi connectivity index (χ0n) is 18.9. The summed E-state index contributed by atoms with van der Waals surface area (Å²) in [6, 6.07) is 13.2. The second-order valence-electron chi connectivity index (χ2n) is 7.51. The van der Waals surface area contributed by atoms with Crippen molar-refractivity contribution < 1.29 is 29.3 Å². The highest BCUT2D eigenvalue weighted by atomic mass is 16.5. The van der Waals surface area contributed by atoms with Crippen molar-refractivity contribution in [1.29, 1.82) is 0 Å². The number of methoxy groups -OCH3 is 1. The monoisotopic (exact) mass is 467 g/mol. The zero-order chi connectivity index (χ0) is 24.8. The van der Waals surface area contributed by atoms with Gasteiger partial charge in [-0.25, -0.2) is 4.79 Å². The van der Waals surface area contributed by atoms with E-state index in [4.69, 9.17) is 9.47 Å². The van der Waals surface area contributed by atoms with Gasteiger partial charge < -0.3 is 34.9 Å². The van der Waals surface area contributed by atoms with Gasteiger partial charge in [-0.2, -0.15) is 0 Å². The molecule has 2 aromatic carbocycles. The largest absolute Gasteiger partial charge is 0.505 e. The number of aryl methyl sites for hydroxylation is 1. The predicted octanol–water partition coefficient (Wildman–Crippen LogP) is 3.54. The number of urea groups is 1. The Morgan fingerprint density at radius 1 is 1.06 bits per heavy atom. The molecule has 3 rings (SSSR count). The summed E-state index contributed by atoms with van der Waals surface area (Å²) in [6.45, 7) is 1.63. The first-order valence-electron chi connectivity index (χ1n) is 10.3. The first-order valence-corrected chi connectivity index (χ1v) is 10.3. The number of hydrogen-bond acceptors (Lipinski definition) is 6. The van der Waals surface area contributed by atoms with Crippen LogP contribution in [0.15, 0.2) is 59.4 Å². The molecule has 1 aromatic heterocycles. The number of carbonyl (C=O) groups is 2. The second kappa shape index (κ2) is 10.4. The van der Waals surface area contributed by atoms with E-state index in [0.717, 1.165) is 0 Å². The smallest absolute Gasteiger partial charge is 0.319 e. The van der Waals surface area contributed by atoms with Gasteiger partial charge in [0.1, 0.15) is 23.0 Å². The Kier molecular flexibility index (Phi) is 7.42. The summed E-state index contributed by atoms with van der Waals surface area (Å²) >= 11 is 0. The van der Waals surface area contributed by atoms with E-state index in [0.29, 0.717) is 28.5 Å². The highest BCUT2D eigenvalue weighted by molar-refractivity contribution is 5.91. The van der Waals surface area contributed by atoms with Crippen LogP contribution in [0, 0.1) is 6.92 Å². The number of carboxylic acids is 1. The molecule has 0 aliphatic heterocycles. The molecule has 0 saturated heterocycles. The van der Waals surface area contributed by atoms with Crippen LogP contribution in [0.5, 0.6) is 23.0 Å². The highest BCUT2D eigenvalue weighted by Crippen LogP contribution is 2.27. The van der Waals surface area contributed by atoms with Crippen LogP contribution in [0.3, 0.4) is 0 Å². The fourth-order valence-corrected chi connectivity index (χ4v) is 3.23. The lowest BCUT2D eigenvalue weighted by atomic mass is 10.0. The van der Waals surface area contributed by atoms with E-state index in [1.54, 1.807) is 62.6 Å². The minimum atomic E-state index is -1.13. The molecule has 3 aromatic rings. The number of pyridine rings is 1. The average Bonchev–Trinajstić information content (AvgIpc) is 2.80. The van der Waals surface area contributed by atoms with Gasteiger partial charge in [0.15, 0.2) is 5.69 Å². The number of anilines is 1. The molecule has 0 radical (unpaired) electrons. The number of carbonyl (C=O) groups excluding carboxylic acids is 1. The van der Waals surface area contributed by atoms with Gasteiger partial charge in [-0.05, 0) is 36.8 Å². The summed E-state index contributed by atoms with van der Waals surface area (Å²) in [4.78, 5) is 36.3. The first-order chi connectivity index (χ1) is 16.2. The Bertz CT molecular complexity index is 1250. The lowest BCUT2D eigenvalue weighted by molar-refractivity contribution is -0.137. The Balaban J connectivity index is 1.75. The van der Waals surface area contributed by atoms with Gasteiger partial charge in [-0.1, -0.05) is 18.2 Å². The average molecular weight is 467 g/mol. The van der Waals surface area contributed by atoms with Crippen LogP contribution < -0.4 is 25.7 Å². The molecular formula is C24H25N3O7. The Hall–Kier alpha value is -4.47. The molecule has 10 nitrogen and oxygen atoms in total. The minimum Gasteiger partial charge on any atom is -0.505 e. The topological polar surface area (TPSA) is 139 Å². The fraction of sp³-hybridized carbons (Fsp3) is 0.208. The maximum Gasteiger partial charge on any atom is 0.319 e. The molecule has 0 fully saturated rings. The van der Waals surface area contributed by atoms with Crippen LogP contribution in [-0.2, 0) is 11.8 Å². The zero-order valence-corrected chi connectivity index (χ0v) is 18.9. The standard InChI is InChI=1S/C24H25N3O7/c1-14-11-20(28)22(23(31)27(14)2)26-24(32)25-19(13-21(29)30)15-7-9-16(10-8-15)34-18-6-4-5-17(12-18)33-3/h4-12,19,28H,13H2,1-3H3,(H,29,30)(H2,25,26,32).